The summed E-state index contributed by atoms with van der Waals surface area (Å²) in [6.45, 7) is 4.09. The SMILES string of the molecule is Cc1ccc(S(=O)(=O)/N=[Te](\C/C=C/c2ccccc2)c2ccc[c-]2C(C)N(C)C)cc1.[Fe+2].c1cc[cH-]c1. The van der Waals surface area contributed by atoms with Crippen LogP contribution in [0.2, 0.25) is 4.47 Å². The van der Waals surface area contributed by atoms with Crippen LogP contribution in [-0.2, 0) is 27.1 Å². The number of allylic oxidation sites excluding steroid dienone is 1. The Morgan fingerprint density at radius 2 is 1.62 bits per heavy atom. The third-order valence-corrected chi connectivity index (χ3v) is 14.1. The molecule has 0 fully saturated rings. The minimum absolute atomic E-state index is 0. The minimum atomic E-state index is -3.71. The fraction of sp³-hybridized carbons (Fsp3) is 0.200. The Morgan fingerprint density at radius 3 is 2.19 bits per heavy atom. The molecule has 0 aliphatic heterocycles. The van der Waals surface area contributed by atoms with E-state index in [1.807, 2.05) is 99.9 Å². The van der Waals surface area contributed by atoms with E-state index in [-0.39, 0.29) is 28.0 Å². The minimum Gasteiger partial charge on any atom is -0.214 e. The summed E-state index contributed by atoms with van der Waals surface area (Å²) >= 11 is -2.59. The molecule has 0 spiro atoms. The third-order valence-electron chi connectivity index (χ3n) is 5.71. The average Bonchev–Trinajstić information content (AvgIpc) is 3.59. The van der Waals surface area contributed by atoms with Crippen molar-refractivity contribution in [1.82, 2.24) is 4.90 Å². The number of nitrogens with zero attached hydrogens (tertiary/aromatic N) is 2. The number of hydrogen-bond donors (Lipinski definition) is 0. The fourth-order valence-corrected chi connectivity index (χ4v) is 11.8. The molecule has 4 nitrogen and oxygen atoms in total. The molecule has 0 aromatic heterocycles. The Kier molecular flexibility index (Phi) is 12.9. The molecule has 0 aliphatic rings. The first-order valence-corrected chi connectivity index (χ1v) is 17.1. The topological polar surface area (TPSA) is 49.7 Å². The normalized spacial score (nSPS) is 13.1. The maximum Gasteiger partial charge on any atom is 2.00 e. The standard InChI is InChI=1S/C25H29N2O2STe.C5H5.Fe/c1-20-15-17-23(18-16-20)30(28,29)26-31(19-9-12-22-10-6-5-7-11-22)25-14-8-13-24(25)21(2)27(3)4;1-2-4-5-3-1;/h5-18,21H,19H2,1-4H3;1-5H;/q2*-1;+2/b12-9+;;. The summed E-state index contributed by atoms with van der Waals surface area (Å²) in [6.07, 6.45) is 4.14. The van der Waals surface area contributed by atoms with Crippen molar-refractivity contribution in [3.8, 4) is 0 Å². The molecule has 4 aromatic carbocycles. The van der Waals surface area contributed by atoms with Crippen molar-refractivity contribution in [2.75, 3.05) is 14.1 Å². The molecule has 0 aliphatic carbocycles. The smallest absolute Gasteiger partial charge is 0.214 e. The van der Waals surface area contributed by atoms with E-state index in [4.69, 9.17) is 0 Å². The van der Waals surface area contributed by atoms with Gasteiger partial charge in [0.05, 0.1) is 0 Å². The van der Waals surface area contributed by atoms with Crippen LogP contribution in [0.15, 0.2) is 117 Å². The molecule has 1 atom stereocenters. The fourth-order valence-electron chi connectivity index (χ4n) is 3.45. The summed E-state index contributed by atoms with van der Waals surface area (Å²) in [6, 6.07) is 33.4. The maximum absolute atomic E-state index is 13.1. The predicted octanol–water partition coefficient (Wildman–Crippen LogP) is 6.31. The first kappa shape index (κ1) is 31.1. The van der Waals surface area contributed by atoms with Crippen molar-refractivity contribution in [3.63, 3.8) is 0 Å². The van der Waals surface area contributed by atoms with Gasteiger partial charge in [-0.15, -0.1) is 0 Å². The molecule has 0 heterocycles. The monoisotopic (exact) mass is 672 g/mol. The number of rotatable bonds is 8. The summed E-state index contributed by atoms with van der Waals surface area (Å²) in [5.74, 6) is 0. The van der Waals surface area contributed by atoms with Gasteiger partial charge >= 0.3 is 211 Å². The largest absolute Gasteiger partial charge is 2.00 e. The summed E-state index contributed by atoms with van der Waals surface area (Å²) in [5.41, 5.74) is 3.31. The molecule has 1 unspecified atom stereocenters. The second-order valence-corrected chi connectivity index (χ2v) is 15.8. The Hall–Kier alpha value is -2.10. The van der Waals surface area contributed by atoms with Crippen molar-refractivity contribution < 1.29 is 25.5 Å². The predicted molar refractivity (Wildman–Crippen MR) is 153 cm³/mol. The third kappa shape index (κ3) is 9.61. The first-order chi connectivity index (χ1) is 17.3. The summed E-state index contributed by atoms with van der Waals surface area (Å²) in [7, 11) is 0.370. The zero-order chi connectivity index (χ0) is 26.0. The van der Waals surface area contributed by atoms with Crippen molar-refractivity contribution in [2.24, 2.45) is 2.59 Å². The van der Waals surface area contributed by atoms with Crippen LogP contribution in [-0.4, -0.2) is 46.8 Å². The quantitative estimate of drug-likeness (QED) is 0.163. The molecular formula is C30H34FeN2O2STe. The zero-order valence-electron chi connectivity index (χ0n) is 21.6. The van der Waals surface area contributed by atoms with E-state index < -0.39 is 29.4 Å². The molecule has 0 saturated carbocycles. The van der Waals surface area contributed by atoms with Gasteiger partial charge < -0.3 is 0 Å². The molecule has 0 radical (unpaired) electrons. The van der Waals surface area contributed by atoms with E-state index in [9.17, 15) is 8.42 Å². The molecule has 0 saturated heterocycles. The number of benzene rings is 2. The van der Waals surface area contributed by atoms with Gasteiger partial charge in [-0.1, -0.05) is 0 Å². The van der Waals surface area contributed by atoms with E-state index in [0.717, 1.165) is 14.7 Å². The second kappa shape index (κ2) is 15.3. The molecule has 0 amide bonds. The molecule has 7 heteroatoms. The summed E-state index contributed by atoms with van der Waals surface area (Å²) in [5, 5.41) is 0. The molecule has 0 bridgehead atoms. The van der Waals surface area contributed by atoms with E-state index >= 15 is 0 Å². The zero-order valence-corrected chi connectivity index (χ0v) is 25.9. The summed E-state index contributed by atoms with van der Waals surface area (Å²) < 4.78 is 32.6. The van der Waals surface area contributed by atoms with Gasteiger partial charge in [0.25, 0.3) is 0 Å². The van der Waals surface area contributed by atoms with Crippen LogP contribution in [0.3, 0.4) is 0 Å². The Bertz CT molecular complexity index is 1340. The van der Waals surface area contributed by atoms with Gasteiger partial charge in [-0.25, -0.2) is 12.1 Å². The van der Waals surface area contributed by atoms with Gasteiger partial charge in [0.15, 0.2) is 0 Å². The van der Waals surface area contributed by atoms with Crippen LogP contribution >= 0.6 is 0 Å². The number of sulfonamides is 1. The number of aryl methyl sites for hydroxylation is 1. The van der Waals surface area contributed by atoms with Crippen LogP contribution in [0.5, 0.6) is 0 Å². The van der Waals surface area contributed by atoms with E-state index in [1.165, 1.54) is 5.56 Å². The van der Waals surface area contributed by atoms with E-state index in [1.54, 1.807) is 12.1 Å². The van der Waals surface area contributed by atoms with Crippen molar-refractivity contribution in [3.05, 3.63) is 126 Å². The average molecular weight is 670 g/mol. The molecule has 4 aromatic rings. The first-order valence-electron chi connectivity index (χ1n) is 11.8. The Labute approximate surface area is 239 Å². The van der Waals surface area contributed by atoms with Crippen LogP contribution in [0.1, 0.15) is 29.7 Å². The number of hydrogen-bond acceptors (Lipinski definition) is 3. The van der Waals surface area contributed by atoms with Crippen molar-refractivity contribution in [2.45, 2.75) is 29.3 Å². The summed E-state index contributed by atoms with van der Waals surface area (Å²) in [4.78, 5) is 2.41. The molecule has 4 rings (SSSR count). The molecule has 37 heavy (non-hydrogen) atoms. The van der Waals surface area contributed by atoms with Crippen molar-refractivity contribution in [1.29, 1.82) is 0 Å². The molecule has 196 valence electrons. The molecular weight excluding hydrogens is 636 g/mol. The van der Waals surface area contributed by atoms with Gasteiger partial charge in [0.2, 0.25) is 0 Å². The van der Waals surface area contributed by atoms with E-state index in [0.29, 0.717) is 4.47 Å². The van der Waals surface area contributed by atoms with Gasteiger partial charge in [0, 0.05) is 0 Å². The van der Waals surface area contributed by atoms with Crippen LogP contribution in [0.4, 0.5) is 0 Å². The van der Waals surface area contributed by atoms with Gasteiger partial charge in [-0.05, 0) is 0 Å². The van der Waals surface area contributed by atoms with Crippen molar-refractivity contribution >= 4 is 39.1 Å². The van der Waals surface area contributed by atoms with Gasteiger partial charge in [0.1, 0.15) is 0 Å². The van der Waals surface area contributed by atoms with Gasteiger partial charge in [-0.3, -0.25) is 0 Å². The maximum atomic E-state index is 13.1. The van der Waals surface area contributed by atoms with Crippen LogP contribution in [0.25, 0.3) is 6.08 Å². The van der Waals surface area contributed by atoms with Crippen LogP contribution < -0.4 is 3.61 Å². The van der Waals surface area contributed by atoms with Crippen LogP contribution in [0, 0.1) is 6.92 Å². The van der Waals surface area contributed by atoms with Gasteiger partial charge in [-0.2, -0.15) is 18.2 Å². The Balaban J connectivity index is 0.000000716. The second-order valence-electron chi connectivity index (χ2n) is 8.65. The van der Waals surface area contributed by atoms with E-state index in [2.05, 4.69) is 38.7 Å². The Morgan fingerprint density at radius 1 is 0.973 bits per heavy atom. The molecule has 0 N–H and O–H groups in total.